The summed E-state index contributed by atoms with van der Waals surface area (Å²) in [7, 11) is -3.01. The van der Waals surface area contributed by atoms with E-state index in [9.17, 15) is 8.42 Å². The van der Waals surface area contributed by atoms with Gasteiger partial charge in [-0.1, -0.05) is 18.2 Å². The number of nitrogens with one attached hydrogen (secondary N) is 1. The van der Waals surface area contributed by atoms with E-state index >= 15 is 0 Å². The Hall–Kier alpha value is -0.720. The fourth-order valence-electron chi connectivity index (χ4n) is 3.24. The van der Waals surface area contributed by atoms with Gasteiger partial charge in [0.15, 0.2) is 9.84 Å². The highest BCUT2D eigenvalue weighted by atomic mass is 32.2. The van der Waals surface area contributed by atoms with E-state index in [1.54, 1.807) is 11.8 Å². The van der Waals surface area contributed by atoms with Gasteiger partial charge in [0.05, 0.1) is 0 Å². The number of anilines is 1. The summed E-state index contributed by atoms with van der Waals surface area (Å²) in [5, 5.41) is 3.11. The summed E-state index contributed by atoms with van der Waals surface area (Å²) >= 11 is 1.75. The smallest absolute Gasteiger partial charge is 0.164 e. The second-order valence-electron chi connectivity index (χ2n) is 5.85. The second kappa shape index (κ2) is 6.18. The standard InChI is InChI=1S/C15H22N2O2S2/c1-21(18,19)15-11-20-9-8-17(15)10-12-6-7-16-14-5-3-2-4-13(12)14/h2-5,12,15-16H,6-11H2,1H3. The quantitative estimate of drug-likeness (QED) is 0.921. The van der Waals surface area contributed by atoms with Crippen molar-refractivity contribution in [2.75, 3.05) is 42.7 Å². The van der Waals surface area contributed by atoms with Gasteiger partial charge in [-0.25, -0.2) is 8.42 Å². The Labute approximate surface area is 131 Å². The summed E-state index contributed by atoms with van der Waals surface area (Å²) in [5.74, 6) is 2.15. The molecule has 6 heteroatoms. The third kappa shape index (κ3) is 3.38. The summed E-state index contributed by atoms with van der Waals surface area (Å²) in [5.41, 5.74) is 2.53. The fraction of sp³-hybridized carbons (Fsp3) is 0.600. The van der Waals surface area contributed by atoms with E-state index in [-0.39, 0.29) is 5.37 Å². The lowest BCUT2D eigenvalue weighted by atomic mass is 9.90. The fourth-order valence-corrected chi connectivity index (χ4v) is 6.20. The van der Waals surface area contributed by atoms with Crippen molar-refractivity contribution in [1.29, 1.82) is 0 Å². The van der Waals surface area contributed by atoms with Gasteiger partial charge >= 0.3 is 0 Å². The molecule has 0 spiro atoms. The first-order chi connectivity index (χ1) is 10.1. The van der Waals surface area contributed by atoms with Crippen LogP contribution < -0.4 is 5.32 Å². The highest BCUT2D eigenvalue weighted by Gasteiger charge is 2.33. The minimum atomic E-state index is -3.01. The van der Waals surface area contributed by atoms with Crippen LogP contribution in [0.3, 0.4) is 0 Å². The molecule has 2 heterocycles. The average molecular weight is 326 g/mol. The Balaban J connectivity index is 1.80. The number of sulfone groups is 1. The SMILES string of the molecule is CS(=O)(=O)C1CSCCN1CC1CCNc2ccccc21. The highest BCUT2D eigenvalue weighted by molar-refractivity contribution is 8.00. The maximum atomic E-state index is 12.0. The molecule has 4 nitrogen and oxygen atoms in total. The van der Waals surface area contributed by atoms with E-state index in [1.165, 1.54) is 17.5 Å². The minimum Gasteiger partial charge on any atom is -0.385 e. The Morgan fingerprint density at radius 1 is 1.38 bits per heavy atom. The van der Waals surface area contributed by atoms with Crippen molar-refractivity contribution in [3.8, 4) is 0 Å². The molecule has 116 valence electrons. The monoisotopic (exact) mass is 326 g/mol. The summed E-state index contributed by atoms with van der Waals surface area (Å²) in [6, 6.07) is 8.39. The number of para-hydroxylation sites is 1. The van der Waals surface area contributed by atoms with E-state index in [2.05, 4.69) is 28.4 Å². The maximum absolute atomic E-state index is 12.0. The first-order valence-electron chi connectivity index (χ1n) is 7.39. The van der Waals surface area contributed by atoms with Crippen LogP contribution in [0.4, 0.5) is 5.69 Å². The Morgan fingerprint density at radius 3 is 3.00 bits per heavy atom. The molecule has 2 atom stereocenters. The number of rotatable bonds is 3. The van der Waals surface area contributed by atoms with Crippen LogP contribution in [-0.4, -0.2) is 56.1 Å². The van der Waals surface area contributed by atoms with Crippen LogP contribution in [0.5, 0.6) is 0 Å². The molecule has 1 aromatic rings. The van der Waals surface area contributed by atoms with Gasteiger partial charge in [-0.15, -0.1) is 0 Å². The molecule has 3 rings (SSSR count). The lowest BCUT2D eigenvalue weighted by Crippen LogP contribution is -2.48. The number of thioether (sulfide) groups is 1. The summed E-state index contributed by atoms with van der Waals surface area (Å²) in [6.07, 6.45) is 2.43. The molecule has 21 heavy (non-hydrogen) atoms. The van der Waals surface area contributed by atoms with E-state index < -0.39 is 9.84 Å². The molecule has 0 amide bonds. The maximum Gasteiger partial charge on any atom is 0.164 e. The van der Waals surface area contributed by atoms with Gasteiger partial charge in [0, 0.05) is 49.0 Å². The van der Waals surface area contributed by atoms with E-state index in [1.807, 2.05) is 6.07 Å². The van der Waals surface area contributed by atoms with Crippen LogP contribution in [0.1, 0.15) is 17.9 Å². The van der Waals surface area contributed by atoms with Gasteiger partial charge in [-0.05, 0) is 18.1 Å². The van der Waals surface area contributed by atoms with Gasteiger partial charge in [0.2, 0.25) is 0 Å². The molecule has 1 aromatic carbocycles. The van der Waals surface area contributed by atoms with Crippen LogP contribution in [0.15, 0.2) is 24.3 Å². The van der Waals surface area contributed by atoms with Gasteiger partial charge in [0.1, 0.15) is 5.37 Å². The van der Waals surface area contributed by atoms with Crippen LogP contribution in [0.25, 0.3) is 0 Å². The molecule has 0 saturated carbocycles. The third-order valence-electron chi connectivity index (χ3n) is 4.35. The van der Waals surface area contributed by atoms with Crippen molar-refractivity contribution in [2.45, 2.75) is 17.7 Å². The number of hydrogen-bond donors (Lipinski definition) is 1. The zero-order valence-electron chi connectivity index (χ0n) is 12.3. The average Bonchev–Trinajstić information content (AvgIpc) is 2.47. The van der Waals surface area contributed by atoms with Gasteiger partial charge in [-0.3, -0.25) is 4.90 Å². The van der Waals surface area contributed by atoms with Crippen molar-refractivity contribution in [3.63, 3.8) is 0 Å². The largest absolute Gasteiger partial charge is 0.385 e. The number of benzene rings is 1. The second-order valence-corrected chi connectivity index (χ2v) is 9.21. The molecule has 2 unspecified atom stereocenters. The van der Waals surface area contributed by atoms with Crippen LogP contribution in [-0.2, 0) is 9.84 Å². The first kappa shape index (κ1) is 15.2. The zero-order chi connectivity index (χ0) is 14.9. The van der Waals surface area contributed by atoms with Gasteiger partial charge in [0.25, 0.3) is 0 Å². The lowest BCUT2D eigenvalue weighted by Gasteiger charge is -2.38. The van der Waals surface area contributed by atoms with E-state index in [4.69, 9.17) is 0 Å². The van der Waals surface area contributed by atoms with Crippen molar-refractivity contribution < 1.29 is 8.42 Å². The molecule has 2 aliphatic rings. The number of hydrogen-bond acceptors (Lipinski definition) is 5. The van der Waals surface area contributed by atoms with E-state index in [0.717, 1.165) is 31.8 Å². The molecule has 0 radical (unpaired) electrons. The third-order valence-corrected chi connectivity index (χ3v) is 7.04. The van der Waals surface area contributed by atoms with Crippen molar-refractivity contribution in [2.24, 2.45) is 0 Å². The van der Waals surface area contributed by atoms with Crippen LogP contribution in [0.2, 0.25) is 0 Å². The van der Waals surface area contributed by atoms with Crippen molar-refractivity contribution in [3.05, 3.63) is 29.8 Å². The molecule has 1 N–H and O–H groups in total. The summed E-state index contributed by atoms with van der Waals surface area (Å²) < 4.78 is 24.0. The topological polar surface area (TPSA) is 49.4 Å². The van der Waals surface area contributed by atoms with Crippen molar-refractivity contribution in [1.82, 2.24) is 4.90 Å². The first-order valence-corrected chi connectivity index (χ1v) is 10.5. The molecule has 2 aliphatic heterocycles. The molecule has 0 aliphatic carbocycles. The Kier molecular flexibility index (Phi) is 4.47. The van der Waals surface area contributed by atoms with Gasteiger partial charge < -0.3 is 5.32 Å². The Morgan fingerprint density at radius 2 is 2.19 bits per heavy atom. The van der Waals surface area contributed by atoms with E-state index in [0.29, 0.717) is 11.7 Å². The number of fused-ring (bicyclic) bond motifs is 1. The highest BCUT2D eigenvalue weighted by Crippen LogP contribution is 2.33. The van der Waals surface area contributed by atoms with Crippen molar-refractivity contribution >= 4 is 27.3 Å². The zero-order valence-corrected chi connectivity index (χ0v) is 13.9. The van der Waals surface area contributed by atoms with Crippen LogP contribution in [0, 0.1) is 0 Å². The summed E-state index contributed by atoms with van der Waals surface area (Å²) in [4.78, 5) is 2.18. The predicted molar refractivity (Wildman–Crippen MR) is 89.8 cm³/mol. The normalized spacial score (nSPS) is 26.9. The lowest BCUT2D eigenvalue weighted by molar-refractivity contribution is 0.249. The molecule has 1 saturated heterocycles. The summed E-state index contributed by atoms with van der Waals surface area (Å²) in [6.45, 7) is 2.68. The molecular weight excluding hydrogens is 304 g/mol. The molecular formula is C15H22N2O2S2. The Bertz CT molecular complexity index is 603. The number of nitrogens with zero attached hydrogens (tertiary/aromatic N) is 1. The van der Waals surface area contributed by atoms with Crippen LogP contribution >= 0.6 is 11.8 Å². The predicted octanol–water partition coefficient (Wildman–Crippen LogP) is 2.01. The minimum absolute atomic E-state index is 0.321. The molecule has 1 fully saturated rings. The molecule has 0 aromatic heterocycles. The van der Waals surface area contributed by atoms with Gasteiger partial charge in [-0.2, -0.15) is 11.8 Å². The molecule has 0 bridgehead atoms.